The summed E-state index contributed by atoms with van der Waals surface area (Å²) in [6.45, 7) is 7.81. The Bertz CT molecular complexity index is 423. The molecule has 0 aliphatic rings. The van der Waals surface area contributed by atoms with Crippen molar-refractivity contribution >= 4 is 27.7 Å². The molecule has 0 aliphatic carbocycles. The van der Waals surface area contributed by atoms with Gasteiger partial charge in [0.2, 0.25) is 0 Å². The number of hydrogen-bond donors (Lipinski definition) is 2. The zero-order chi connectivity index (χ0) is 14.3. The molecule has 1 atom stereocenters. The number of halogens is 1. The lowest BCUT2D eigenvalue weighted by Crippen LogP contribution is -2.29. The van der Waals surface area contributed by atoms with Crippen LogP contribution in [0.4, 0.5) is 5.82 Å². The highest BCUT2D eigenvalue weighted by Crippen LogP contribution is 2.18. The zero-order valence-electron chi connectivity index (χ0n) is 11.8. The van der Waals surface area contributed by atoms with Crippen molar-refractivity contribution in [2.24, 2.45) is 5.92 Å². The molecule has 0 aliphatic heterocycles. The molecule has 0 spiro atoms. The van der Waals surface area contributed by atoms with E-state index >= 15 is 0 Å². The number of nitrogens with one attached hydrogen (secondary N) is 2. The number of pyridine rings is 1. The maximum atomic E-state index is 12.2. The lowest BCUT2D eigenvalue weighted by atomic mass is 10.1. The van der Waals surface area contributed by atoms with Gasteiger partial charge < -0.3 is 10.6 Å². The van der Waals surface area contributed by atoms with Gasteiger partial charge in [0.05, 0.1) is 5.56 Å². The summed E-state index contributed by atoms with van der Waals surface area (Å²) in [5, 5.41) is 6.13. The molecule has 0 saturated heterocycles. The number of carbonyl (C=O) groups excluding carboxylic acids is 1. The van der Waals surface area contributed by atoms with E-state index in [1.807, 2.05) is 0 Å². The summed E-state index contributed by atoms with van der Waals surface area (Å²) >= 11 is 3.36. The number of carbonyl (C=O) groups is 1. The van der Waals surface area contributed by atoms with Crippen LogP contribution in [0.25, 0.3) is 0 Å². The third-order valence-electron chi connectivity index (χ3n) is 2.95. The normalized spacial score (nSPS) is 12.0. The maximum absolute atomic E-state index is 12.2. The standard InChI is InChI=1S/C14H22BrN3O/c1-4-6-16-13-12(7-11(15)9-17-13)14(19)18-8-10(3)5-2/h7,9-10H,4-6,8H2,1-3H3,(H,16,17)(H,18,19). The van der Waals surface area contributed by atoms with Gasteiger partial charge in [-0.15, -0.1) is 0 Å². The van der Waals surface area contributed by atoms with Crippen molar-refractivity contribution in [1.29, 1.82) is 0 Å². The van der Waals surface area contributed by atoms with Crippen LogP contribution in [0, 0.1) is 5.92 Å². The first kappa shape index (κ1) is 16.0. The molecule has 4 nitrogen and oxygen atoms in total. The van der Waals surface area contributed by atoms with E-state index < -0.39 is 0 Å². The maximum Gasteiger partial charge on any atom is 0.255 e. The second-order valence-corrected chi connectivity index (χ2v) is 5.62. The number of anilines is 1. The average Bonchev–Trinajstić information content (AvgIpc) is 2.42. The summed E-state index contributed by atoms with van der Waals surface area (Å²) in [6, 6.07) is 1.80. The minimum atomic E-state index is -0.0762. The Hall–Kier alpha value is -1.10. The van der Waals surface area contributed by atoms with Crippen LogP contribution in [0.1, 0.15) is 44.0 Å². The highest BCUT2D eigenvalue weighted by atomic mass is 79.9. The first-order chi connectivity index (χ1) is 9.08. The highest BCUT2D eigenvalue weighted by Gasteiger charge is 2.13. The number of hydrogen-bond acceptors (Lipinski definition) is 3. The molecule has 2 N–H and O–H groups in total. The molecule has 1 rings (SSSR count). The van der Waals surface area contributed by atoms with E-state index in [0.29, 0.717) is 23.8 Å². The van der Waals surface area contributed by atoms with Crippen LogP contribution in [0.5, 0.6) is 0 Å². The Morgan fingerprint density at radius 3 is 2.84 bits per heavy atom. The van der Waals surface area contributed by atoms with Crippen LogP contribution in [0.15, 0.2) is 16.7 Å². The predicted octanol–water partition coefficient (Wildman–Crippen LogP) is 3.44. The minimum absolute atomic E-state index is 0.0762. The van der Waals surface area contributed by atoms with Gasteiger partial charge in [-0.05, 0) is 34.3 Å². The van der Waals surface area contributed by atoms with Crippen molar-refractivity contribution in [3.63, 3.8) is 0 Å². The second kappa shape index (κ2) is 8.15. The summed E-state index contributed by atoms with van der Waals surface area (Å²) in [5.74, 6) is 1.05. The Kier molecular flexibility index (Phi) is 6.84. The highest BCUT2D eigenvalue weighted by molar-refractivity contribution is 9.10. The topological polar surface area (TPSA) is 54.0 Å². The second-order valence-electron chi connectivity index (χ2n) is 4.70. The molecule has 0 aromatic carbocycles. The van der Waals surface area contributed by atoms with Gasteiger partial charge in [0, 0.05) is 23.8 Å². The first-order valence-corrected chi connectivity index (χ1v) is 7.55. The monoisotopic (exact) mass is 327 g/mol. The average molecular weight is 328 g/mol. The molecular formula is C14H22BrN3O. The van der Waals surface area contributed by atoms with E-state index in [1.54, 1.807) is 12.3 Å². The molecule has 1 amide bonds. The van der Waals surface area contributed by atoms with Crippen molar-refractivity contribution in [3.8, 4) is 0 Å². The van der Waals surface area contributed by atoms with Gasteiger partial charge in [-0.1, -0.05) is 27.2 Å². The van der Waals surface area contributed by atoms with E-state index in [1.165, 1.54) is 0 Å². The van der Waals surface area contributed by atoms with Crippen molar-refractivity contribution in [2.45, 2.75) is 33.6 Å². The molecule has 0 radical (unpaired) electrons. The molecule has 1 heterocycles. The third-order valence-corrected chi connectivity index (χ3v) is 3.38. The summed E-state index contributed by atoms with van der Waals surface area (Å²) in [6.07, 6.45) is 3.74. The molecule has 0 bridgehead atoms. The SMILES string of the molecule is CCCNc1ncc(Br)cc1C(=O)NCC(C)CC. The van der Waals surface area contributed by atoms with Crippen LogP contribution in [0.2, 0.25) is 0 Å². The zero-order valence-corrected chi connectivity index (χ0v) is 13.4. The molecule has 19 heavy (non-hydrogen) atoms. The van der Waals surface area contributed by atoms with E-state index in [0.717, 1.165) is 23.9 Å². The smallest absolute Gasteiger partial charge is 0.255 e. The number of amides is 1. The fourth-order valence-electron chi connectivity index (χ4n) is 1.50. The van der Waals surface area contributed by atoms with Crippen LogP contribution in [0.3, 0.4) is 0 Å². The molecule has 0 saturated carbocycles. The number of aromatic nitrogens is 1. The Labute approximate surface area is 123 Å². The van der Waals surface area contributed by atoms with Gasteiger partial charge in [0.15, 0.2) is 0 Å². The minimum Gasteiger partial charge on any atom is -0.369 e. The molecule has 1 aromatic heterocycles. The number of rotatable bonds is 7. The predicted molar refractivity (Wildman–Crippen MR) is 82.5 cm³/mol. The third kappa shape index (κ3) is 5.19. The van der Waals surface area contributed by atoms with Gasteiger partial charge in [0.25, 0.3) is 5.91 Å². The van der Waals surface area contributed by atoms with Gasteiger partial charge in [-0.2, -0.15) is 0 Å². The fraction of sp³-hybridized carbons (Fsp3) is 0.571. The van der Waals surface area contributed by atoms with Crippen molar-refractivity contribution in [2.75, 3.05) is 18.4 Å². The van der Waals surface area contributed by atoms with Crippen molar-refractivity contribution < 1.29 is 4.79 Å². The first-order valence-electron chi connectivity index (χ1n) is 6.76. The van der Waals surface area contributed by atoms with Crippen LogP contribution < -0.4 is 10.6 Å². The molecule has 5 heteroatoms. The fourth-order valence-corrected chi connectivity index (χ4v) is 1.83. The molecular weight excluding hydrogens is 306 g/mol. The van der Waals surface area contributed by atoms with E-state index in [2.05, 4.69) is 52.3 Å². The Balaban J connectivity index is 2.78. The van der Waals surface area contributed by atoms with Crippen molar-refractivity contribution in [3.05, 3.63) is 22.3 Å². The Morgan fingerprint density at radius 1 is 1.47 bits per heavy atom. The van der Waals surface area contributed by atoms with Crippen molar-refractivity contribution in [1.82, 2.24) is 10.3 Å². The summed E-state index contributed by atoms with van der Waals surface area (Å²) < 4.78 is 0.809. The van der Waals surface area contributed by atoms with Crippen LogP contribution in [-0.2, 0) is 0 Å². The van der Waals surface area contributed by atoms with Crippen LogP contribution >= 0.6 is 15.9 Å². The summed E-state index contributed by atoms with van der Waals surface area (Å²) in [7, 11) is 0. The largest absolute Gasteiger partial charge is 0.369 e. The molecule has 106 valence electrons. The summed E-state index contributed by atoms with van der Waals surface area (Å²) in [5.41, 5.74) is 0.589. The van der Waals surface area contributed by atoms with E-state index in [4.69, 9.17) is 0 Å². The van der Waals surface area contributed by atoms with Gasteiger partial charge in [-0.3, -0.25) is 4.79 Å². The molecule has 0 fully saturated rings. The molecule has 1 unspecified atom stereocenters. The van der Waals surface area contributed by atoms with Crippen LogP contribution in [-0.4, -0.2) is 24.0 Å². The quantitative estimate of drug-likeness (QED) is 0.806. The lowest BCUT2D eigenvalue weighted by Gasteiger charge is -2.13. The van der Waals surface area contributed by atoms with E-state index in [9.17, 15) is 4.79 Å². The van der Waals surface area contributed by atoms with Gasteiger partial charge >= 0.3 is 0 Å². The Morgan fingerprint density at radius 2 is 2.21 bits per heavy atom. The van der Waals surface area contributed by atoms with E-state index in [-0.39, 0.29) is 5.91 Å². The van der Waals surface area contributed by atoms with Gasteiger partial charge in [0.1, 0.15) is 5.82 Å². The van der Waals surface area contributed by atoms with Gasteiger partial charge in [-0.25, -0.2) is 4.98 Å². The molecule has 1 aromatic rings. The lowest BCUT2D eigenvalue weighted by molar-refractivity contribution is 0.0948. The number of nitrogens with zero attached hydrogens (tertiary/aromatic N) is 1. The summed E-state index contributed by atoms with van der Waals surface area (Å²) in [4.78, 5) is 16.5.